The molecule has 2 heterocycles. The van der Waals surface area contributed by atoms with Gasteiger partial charge in [0.1, 0.15) is 5.76 Å². The topological polar surface area (TPSA) is 43.6 Å². The van der Waals surface area contributed by atoms with Gasteiger partial charge < -0.3 is 19.2 Å². The van der Waals surface area contributed by atoms with Crippen LogP contribution in [-0.4, -0.2) is 26.4 Å². The molecule has 2 aromatic rings. The maximum absolute atomic E-state index is 5.97. The molecule has 1 atom stereocenters. The molecule has 0 radical (unpaired) electrons. The van der Waals surface area contributed by atoms with Gasteiger partial charge in [0.05, 0.1) is 13.2 Å². The van der Waals surface area contributed by atoms with Crippen LogP contribution >= 0.6 is 0 Å². The van der Waals surface area contributed by atoms with Crippen molar-refractivity contribution in [3.05, 3.63) is 30.0 Å². The van der Waals surface area contributed by atoms with Crippen LogP contribution in [0.5, 0.6) is 5.75 Å². The zero-order chi connectivity index (χ0) is 13.9. The normalized spacial score (nSPS) is 18.3. The summed E-state index contributed by atoms with van der Waals surface area (Å²) < 4.78 is 16.7. The number of ether oxygens (including phenoxy) is 2. The summed E-state index contributed by atoms with van der Waals surface area (Å²) in [4.78, 5) is 0. The van der Waals surface area contributed by atoms with Crippen LogP contribution in [0.2, 0.25) is 0 Å². The van der Waals surface area contributed by atoms with Crippen molar-refractivity contribution in [2.24, 2.45) is 0 Å². The van der Waals surface area contributed by atoms with Crippen molar-refractivity contribution in [3.8, 4) is 5.75 Å². The van der Waals surface area contributed by atoms with Crippen molar-refractivity contribution in [2.45, 2.75) is 31.8 Å². The lowest BCUT2D eigenvalue weighted by Gasteiger charge is -2.25. The summed E-state index contributed by atoms with van der Waals surface area (Å²) in [6.45, 7) is 3.83. The maximum atomic E-state index is 5.97. The minimum atomic E-state index is 0.190. The number of benzene rings is 1. The predicted octanol–water partition coefficient (Wildman–Crippen LogP) is 3.27. The molecule has 1 aromatic heterocycles. The second kappa shape index (κ2) is 5.85. The second-order valence-corrected chi connectivity index (χ2v) is 5.30. The van der Waals surface area contributed by atoms with Gasteiger partial charge in [0, 0.05) is 24.6 Å². The Balaban J connectivity index is 1.78. The van der Waals surface area contributed by atoms with Gasteiger partial charge >= 0.3 is 0 Å². The number of hydrogen-bond donors (Lipinski definition) is 1. The molecular formula is C16H21NO3. The average molecular weight is 275 g/mol. The van der Waals surface area contributed by atoms with Gasteiger partial charge in [-0.1, -0.05) is 12.1 Å². The third-order valence-electron chi connectivity index (χ3n) is 3.88. The zero-order valence-electron chi connectivity index (χ0n) is 12.0. The van der Waals surface area contributed by atoms with Crippen LogP contribution in [0.15, 0.2) is 28.7 Å². The number of rotatable bonds is 4. The highest BCUT2D eigenvalue weighted by Crippen LogP contribution is 2.31. The minimum absolute atomic E-state index is 0.190. The molecule has 0 spiro atoms. The summed E-state index contributed by atoms with van der Waals surface area (Å²) in [5, 5.41) is 4.70. The fourth-order valence-electron chi connectivity index (χ4n) is 2.73. The quantitative estimate of drug-likeness (QED) is 0.930. The molecule has 20 heavy (non-hydrogen) atoms. The summed E-state index contributed by atoms with van der Waals surface area (Å²) in [6.07, 6.45) is 2.13. The summed E-state index contributed by atoms with van der Waals surface area (Å²) >= 11 is 0. The molecule has 0 aliphatic carbocycles. The number of methoxy groups -OCH3 is 1. The molecule has 1 saturated heterocycles. The molecule has 1 aromatic carbocycles. The highest BCUT2D eigenvalue weighted by molar-refractivity contribution is 5.83. The zero-order valence-corrected chi connectivity index (χ0v) is 12.0. The molecule has 1 aliphatic heterocycles. The third kappa shape index (κ3) is 2.67. The van der Waals surface area contributed by atoms with Gasteiger partial charge in [-0.05, 0) is 31.9 Å². The Labute approximate surface area is 119 Å². The first kappa shape index (κ1) is 13.5. The lowest BCUT2D eigenvalue weighted by Crippen LogP contribution is -2.36. The number of hydrogen-bond acceptors (Lipinski definition) is 4. The molecule has 4 heteroatoms. The number of fused-ring (bicyclic) bond motifs is 1. The van der Waals surface area contributed by atoms with E-state index in [4.69, 9.17) is 13.9 Å². The predicted molar refractivity (Wildman–Crippen MR) is 78.2 cm³/mol. The van der Waals surface area contributed by atoms with Crippen LogP contribution < -0.4 is 10.1 Å². The van der Waals surface area contributed by atoms with E-state index in [0.29, 0.717) is 6.04 Å². The van der Waals surface area contributed by atoms with E-state index in [2.05, 4.69) is 18.3 Å². The van der Waals surface area contributed by atoms with Gasteiger partial charge in [-0.3, -0.25) is 0 Å². The standard InChI is InChI=1S/C16H21NO3/c1-11(17-13-6-8-19-9-7-13)15-10-12-4-3-5-14(18-2)16(12)20-15/h3-5,10-11,13,17H,6-9H2,1-2H3. The summed E-state index contributed by atoms with van der Waals surface area (Å²) in [5.41, 5.74) is 0.825. The Morgan fingerprint density at radius 1 is 1.30 bits per heavy atom. The highest BCUT2D eigenvalue weighted by atomic mass is 16.5. The van der Waals surface area contributed by atoms with Crippen LogP contribution in [0.3, 0.4) is 0 Å². The van der Waals surface area contributed by atoms with Gasteiger partial charge in [0.2, 0.25) is 0 Å². The molecule has 0 saturated carbocycles. The molecule has 1 aliphatic rings. The van der Waals surface area contributed by atoms with Gasteiger partial charge in [-0.25, -0.2) is 0 Å². The second-order valence-electron chi connectivity index (χ2n) is 5.30. The first-order valence-electron chi connectivity index (χ1n) is 7.18. The van der Waals surface area contributed by atoms with E-state index in [-0.39, 0.29) is 6.04 Å². The van der Waals surface area contributed by atoms with Crippen molar-refractivity contribution in [3.63, 3.8) is 0 Å². The van der Waals surface area contributed by atoms with Gasteiger partial charge in [-0.2, -0.15) is 0 Å². The smallest absolute Gasteiger partial charge is 0.176 e. The molecule has 1 N–H and O–H groups in total. The Morgan fingerprint density at radius 2 is 2.10 bits per heavy atom. The summed E-state index contributed by atoms with van der Waals surface area (Å²) in [5.74, 6) is 1.74. The highest BCUT2D eigenvalue weighted by Gasteiger charge is 2.19. The number of para-hydroxylation sites is 1. The van der Waals surface area contributed by atoms with Crippen LogP contribution in [0, 0.1) is 0 Å². The molecule has 108 valence electrons. The van der Waals surface area contributed by atoms with E-state index in [0.717, 1.165) is 48.5 Å². The van der Waals surface area contributed by atoms with Gasteiger partial charge in [0.15, 0.2) is 11.3 Å². The van der Waals surface area contributed by atoms with E-state index in [1.165, 1.54) is 0 Å². The monoisotopic (exact) mass is 275 g/mol. The SMILES string of the molecule is COc1cccc2cc(C(C)NC3CCOCC3)oc12. The Hall–Kier alpha value is -1.52. The lowest BCUT2D eigenvalue weighted by molar-refractivity contribution is 0.0747. The first-order chi connectivity index (χ1) is 9.78. The molecule has 3 rings (SSSR count). The largest absolute Gasteiger partial charge is 0.493 e. The van der Waals surface area contributed by atoms with E-state index < -0.39 is 0 Å². The van der Waals surface area contributed by atoms with Crippen molar-refractivity contribution in [1.29, 1.82) is 0 Å². The Morgan fingerprint density at radius 3 is 2.85 bits per heavy atom. The first-order valence-corrected chi connectivity index (χ1v) is 7.18. The molecule has 1 unspecified atom stereocenters. The van der Waals surface area contributed by atoms with Crippen molar-refractivity contribution in [2.75, 3.05) is 20.3 Å². The molecule has 0 amide bonds. The number of furan rings is 1. The van der Waals surface area contributed by atoms with Crippen molar-refractivity contribution in [1.82, 2.24) is 5.32 Å². The third-order valence-corrected chi connectivity index (χ3v) is 3.88. The van der Waals surface area contributed by atoms with E-state index in [1.54, 1.807) is 7.11 Å². The van der Waals surface area contributed by atoms with Crippen LogP contribution in [0.1, 0.15) is 31.6 Å². The fourth-order valence-corrected chi connectivity index (χ4v) is 2.73. The average Bonchev–Trinajstić information content (AvgIpc) is 2.92. The Kier molecular flexibility index (Phi) is 3.94. The van der Waals surface area contributed by atoms with Gasteiger partial charge in [0.25, 0.3) is 0 Å². The Bertz CT molecular complexity index is 572. The van der Waals surface area contributed by atoms with E-state index in [9.17, 15) is 0 Å². The van der Waals surface area contributed by atoms with E-state index >= 15 is 0 Å². The summed E-state index contributed by atoms with van der Waals surface area (Å²) in [7, 11) is 1.67. The van der Waals surface area contributed by atoms with Crippen LogP contribution in [0.25, 0.3) is 11.0 Å². The van der Waals surface area contributed by atoms with Crippen LogP contribution in [0.4, 0.5) is 0 Å². The number of nitrogens with one attached hydrogen (secondary N) is 1. The molecule has 4 nitrogen and oxygen atoms in total. The van der Waals surface area contributed by atoms with E-state index in [1.807, 2.05) is 18.2 Å². The molecular weight excluding hydrogens is 254 g/mol. The summed E-state index contributed by atoms with van der Waals surface area (Å²) in [6, 6.07) is 8.74. The van der Waals surface area contributed by atoms with Crippen molar-refractivity contribution >= 4 is 11.0 Å². The minimum Gasteiger partial charge on any atom is -0.493 e. The lowest BCUT2D eigenvalue weighted by atomic mass is 10.1. The van der Waals surface area contributed by atoms with Crippen molar-refractivity contribution < 1.29 is 13.9 Å². The molecule has 1 fully saturated rings. The molecule has 0 bridgehead atoms. The van der Waals surface area contributed by atoms with Crippen LogP contribution in [-0.2, 0) is 4.74 Å². The maximum Gasteiger partial charge on any atom is 0.176 e. The van der Waals surface area contributed by atoms with Gasteiger partial charge in [-0.15, -0.1) is 0 Å². The fraction of sp³-hybridized carbons (Fsp3) is 0.500.